The van der Waals surface area contributed by atoms with Gasteiger partial charge >= 0.3 is 82.5 Å². The zero-order chi connectivity index (χ0) is 9.30. The van der Waals surface area contributed by atoms with E-state index in [1.165, 1.54) is 13.0 Å². The average molecular weight is 297 g/mol. The number of rotatable bonds is 2. The van der Waals surface area contributed by atoms with Crippen molar-refractivity contribution in [1.82, 2.24) is 0 Å². The van der Waals surface area contributed by atoms with Crippen LogP contribution in [0.5, 0.6) is 0 Å². The van der Waals surface area contributed by atoms with Gasteiger partial charge in [-0.1, -0.05) is 0 Å². The Kier molecular flexibility index (Phi) is 2.82. The van der Waals surface area contributed by atoms with Crippen LogP contribution >= 0.6 is 15.9 Å². The Balaban J connectivity index is 3.17. The Morgan fingerprint density at radius 2 is 2.33 bits per heavy atom. The number of ketones is 1. The second kappa shape index (κ2) is 3.51. The first-order valence-corrected chi connectivity index (χ1v) is 5.47. The van der Waals surface area contributed by atoms with Gasteiger partial charge in [-0.2, -0.15) is 0 Å². The predicted molar refractivity (Wildman–Crippen MR) is 47.7 cm³/mol. The van der Waals surface area contributed by atoms with Crippen LogP contribution in [-0.4, -0.2) is 25.2 Å². The number of nitro groups is 1. The van der Waals surface area contributed by atoms with Gasteiger partial charge in [0.15, 0.2) is 0 Å². The molecule has 6 heteroatoms. The summed E-state index contributed by atoms with van der Waals surface area (Å²) < 4.78 is 1.08. The van der Waals surface area contributed by atoms with Gasteiger partial charge in [-0.3, -0.25) is 0 Å². The van der Waals surface area contributed by atoms with Crippen LogP contribution in [0, 0.1) is 10.1 Å². The van der Waals surface area contributed by atoms with E-state index < -0.39 is 4.92 Å². The fraction of sp³-hybridized carbons (Fsp3) is 0.167. The van der Waals surface area contributed by atoms with Crippen molar-refractivity contribution in [2.75, 3.05) is 0 Å². The Morgan fingerprint density at radius 3 is 2.58 bits per heavy atom. The molecule has 0 spiro atoms. The second-order valence-electron chi connectivity index (χ2n) is 2.08. The molecule has 0 radical (unpaired) electrons. The van der Waals surface area contributed by atoms with Crippen molar-refractivity contribution in [3.63, 3.8) is 0 Å². The summed E-state index contributed by atoms with van der Waals surface area (Å²) in [6.45, 7) is 1.41. The molecule has 0 aromatic carbocycles. The van der Waals surface area contributed by atoms with Gasteiger partial charge in [0, 0.05) is 0 Å². The second-order valence-corrected chi connectivity index (χ2v) is 6.26. The molecule has 0 saturated carbocycles. The van der Waals surface area contributed by atoms with Crippen molar-refractivity contribution in [2.45, 2.75) is 6.92 Å². The maximum absolute atomic E-state index is 10.8. The molecule has 1 rings (SSSR count). The van der Waals surface area contributed by atoms with Gasteiger partial charge in [-0.25, -0.2) is 0 Å². The molecule has 1 aromatic heterocycles. The van der Waals surface area contributed by atoms with Crippen LogP contribution in [0.1, 0.15) is 16.2 Å². The number of carbonyl (C=O) groups excluding carboxylic acids is 1. The van der Waals surface area contributed by atoms with Gasteiger partial charge < -0.3 is 0 Å². The van der Waals surface area contributed by atoms with Crippen molar-refractivity contribution in [3.05, 3.63) is 24.0 Å². The third-order valence-corrected chi connectivity index (χ3v) is 4.59. The Labute approximate surface area is 82.6 Å². The number of Topliss-reactive ketones (excluding diaryl/α,β-unsaturated/α-hetero) is 1. The summed E-state index contributed by atoms with van der Waals surface area (Å²) in [6, 6.07) is 1.34. The minimum absolute atomic E-state index is 0.0141. The molecule has 0 unspecified atom stereocenters. The molecule has 0 aliphatic carbocycles. The van der Waals surface area contributed by atoms with Crippen LogP contribution in [0.3, 0.4) is 0 Å². The number of halogens is 1. The molecule has 0 bridgehead atoms. The summed E-state index contributed by atoms with van der Waals surface area (Å²) in [7, 11) is 0. The molecule has 1 aromatic rings. The van der Waals surface area contributed by atoms with E-state index in [-0.39, 0.29) is 26.0 Å². The quantitative estimate of drug-likeness (QED) is 0.361. The number of hydrogen-bond acceptors (Lipinski definition) is 3. The first kappa shape index (κ1) is 9.64. The minimum atomic E-state index is -0.484. The van der Waals surface area contributed by atoms with E-state index in [9.17, 15) is 14.9 Å². The molecule has 0 aliphatic rings. The maximum atomic E-state index is 10.8. The topological polar surface area (TPSA) is 60.2 Å². The van der Waals surface area contributed by atoms with Gasteiger partial charge in [0.1, 0.15) is 0 Å². The standard InChI is InChI=1S/C6H4BrNO3Se/c1-3(9)5-2-4(8(10)11)6(7)12-5/h2H,1H3. The number of carbonyl (C=O) groups is 1. The Morgan fingerprint density at radius 1 is 1.75 bits per heavy atom. The van der Waals surface area contributed by atoms with Gasteiger partial charge in [0.05, 0.1) is 0 Å². The summed E-state index contributed by atoms with van der Waals surface area (Å²) >= 11 is 2.86. The Hall–Kier alpha value is -0.451. The van der Waals surface area contributed by atoms with Crippen molar-refractivity contribution in [3.8, 4) is 0 Å². The van der Waals surface area contributed by atoms with Crippen molar-refractivity contribution in [2.24, 2.45) is 0 Å². The van der Waals surface area contributed by atoms with Crippen LogP contribution < -0.4 is 0 Å². The number of hydrogen-bond donors (Lipinski definition) is 0. The van der Waals surface area contributed by atoms with E-state index in [0.29, 0.717) is 7.78 Å². The first-order valence-electron chi connectivity index (χ1n) is 2.97. The first-order chi connectivity index (χ1) is 5.52. The van der Waals surface area contributed by atoms with Gasteiger partial charge in [0.25, 0.3) is 0 Å². The normalized spacial score (nSPS) is 9.83. The van der Waals surface area contributed by atoms with E-state index in [2.05, 4.69) is 15.9 Å². The molecule has 0 N–H and O–H groups in total. The van der Waals surface area contributed by atoms with Crippen molar-refractivity contribution < 1.29 is 9.72 Å². The van der Waals surface area contributed by atoms with Crippen LogP contribution in [0.25, 0.3) is 0 Å². The van der Waals surface area contributed by atoms with Crippen LogP contribution in [-0.2, 0) is 0 Å². The third kappa shape index (κ3) is 1.83. The van der Waals surface area contributed by atoms with Crippen molar-refractivity contribution >= 4 is 41.9 Å². The zero-order valence-electron chi connectivity index (χ0n) is 6.04. The molecule has 1 heterocycles. The van der Waals surface area contributed by atoms with E-state index >= 15 is 0 Å². The van der Waals surface area contributed by atoms with Crippen LogP contribution in [0.15, 0.2) is 9.41 Å². The van der Waals surface area contributed by atoms with E-state index in [1.54, 1.807) is 0 Å². The number of nitrogens with zero attached hydrogens (tertiary/aromatic N) is 1. The molecular weight excluding hydrogens is 293 g/mol. The molecule has 0 aliphatic heterocycles. The van der Waals surface area contributed by atoms with E-state index in [4.69, 9.17) is 0 Å². The monoisotopic (exact) mass is 297 g/mol. The fourth-order valence-corrected chi connectivity index (χ4v) is 3.39. The molecule has 0 saturated heterocycles. The summed E-state index contributed by atoms with van der Waals surface area (Å²) in [5.41, 5.74) is 0.0141. The third-order valence-electron chi connectivity index (χ3n) is 1.21. The summed E-state index contributed by atoms with van der Waals surface area (Å²) in [5.74, 6) is -0.0937. The zero-order valence-corrected chi connectivity index (χ0v) is 9.33. The van der Waals surface area contributed by atoms with Crippen LogP contribution in [0.2, 0.25) is 0 Å². The van der Waals surface area contributed by atoms with Gasteiger partial charge in [-0.15, -0.1) is 0 Å². The summed E-state index contributed by atoms with van der Waals surface area (Å²) in [5, 5.41) is 10.4. The molecular formula is C6H4BrNO3Se. The van der Waals surface area contributed by atoms with Crippen molar-refractivity contribution in [1.29, 1.82) is 0 Å². The SMILES string of the molecule is CC(=O)c1cc([N+](=O)[O-])c(Br)[se]1. The summed E-state index contributed by atoms with van der Waals surface area (Å²) in [6.07, 6.45) is 0. The average Bonchev–Trinajstić information content (AvgIpc) is 2.30. The van der Waals surface area contributed by atoms with E-state index in [0.717, 1.165) is 0 Å². The predicted octanol–water partition coefficient (Wildman–Crippen LogP) is 1.62. The molecule has 0 amide bonds. The summed E-state index contributed by atoms with van der Waals surface area (Å²) in [4.78, 5) is 20.7. The Bertz CT molecular complexity index is 347. The molecule has 64 valence electrons. The molecule has 0 atom stereocenters. The van der Waals surface area contributed by atoms with Crippen LogP contribution in [0.4, 0.5) is 5.69 Å². The van der Waals surface area contributed by atoms with Gasteiger partial charge in [-0.05, 0) is 0 Å². The molecule has 12 heavy (non-hydrogen) atoms. The molecule has 4 nitrogen and oxygen atoms in total. The molecule has 0 fully saturated rings. The van der Waals surface area contributed by atoms with Gasteiger partial charge in [0.2, 0.25) is 0 Å². The fourth-order valence-electron chi connectivity index (χ4n) is 0.657. The van der Waals surface area contributed by atoms with E-state index in [1.807, 2.05) is 0 Å².